The van der Waals surface area contributed by atoms with Gasteiger partial charge in [0.25, 0.3) is 5.91 Å². The Labute approximate surface area is 107 Å². The van der Waals surface area contributed by atoms with Crippen molar-refractivity contribution in [3.8, 4) is 5.75 Å². The SMILES string of the molecule is CCN(C(=O)c1ccncc1O)C1CCNCC1. The Hall–Kier alpha value is -1.62. The maximum Gasteiger partial charge on any atom is 0.257 e. The fourth-order valence-corrected chi connectivity index (χ4v) is 2.41. The van der Waals surface area contributed by atoms with Gasteiger partial charge in [-0.2, -0.15) is 0 Å². The third-order valence-corrected chi connectivity index (χ3v) is 3.38. The van der Waals surface area contributed by atoms with E-state index in [1.165, 1.54) is 12.4 Å². The molecule has 1 aromatic rings. The molecule has 18 heavy (non-hydrogen) atoms. The van der Waals surface area contributed by atoms with E-state index in [9.17, 15) is 9.90 Å². The average Bonchev–Trinajstić information content (AvgIpc) is 2.41. The summed E-state index contributed by atoms with van der Waals surface area (Å²) in [6.07, 6.45) is 4.77. The zero-order chi connectivity index (χ0) is 13.0. The molecular formula is C13H19N3O2. The van der Waals surface area contributed by atoms with Gasteiger partial charge in [0.15, 0.2) is 0 Å². The number of amides is 1. The number of nitrogens with zero attached hydrogens (tertiary/aromatic N) is 2. The van der Waals surface area contributed by atoms with Gasteiger partial charge in [-0.05, 0) is 38.9 Å². The lowest BCUT2D eigenvalue weighted by atomic mass is 10.0. The summed E-state index contributed by atoms with van der Waals surface area (Å²) in [5.74, 6) is -0.154. The zero-order valence-corrected chi connectivity index (χ0v) is 10.6. The lowest BCUT2D eigenvalue weighted by Gasteiger charge is -2.34. The first-order chi connectivity index (χ1) is 8.74. The molecule has 2 N–H and O–H groups in total. The summed E-state index contributed by atoms with van der Waals surface area (Å²) in [5, 5.41) is 13.0. The maximum absolute atomic E-state index is 12.4. The number of pyridine rings is 1. The molecule has 5 nitrogen and oxygen atoms in total. The van der Waals surface area contributed by atoms with Gasteiger partial charge in [-0.1, -0.05) is 0 Å². The van der Waals surface area contributed by atoms with Crippen molar-refractivity contribution in [1.82, 2.24) is 15.2 Å². The van der Waals surface area contributed by atoms with E-state index in [0.29, 0.717) is 12.1 Å². The molecule has 2 heterocycles. The smallest absolute Gasteiger partial charge is 0.257 e. The monoisotopic (exact) mass is 249 g/mol. The highest BCUT2D eigenvalue weighted by Crippen LogP contribution is 2.20. The molecule has 1 amide bonds. The molecular weight excluding hydrogens is 230 g/mol. The predicted octanol–water partition coefficient (Wildman–Crippen LogP) is 1.00. The average molecular weight is 249 g/mol. The highest BCUT2D eigenvalue weighted by atomic mass is 16.3. The fourth-order valence-electron chi connectivity index (χ4n) is 2.41. The molecule has 1 aliphatic heterocycles. The number of aromatic hydroxyl groups is 1. The minimum atomic E-state index is -0.107. The number of carbonyl (C=O) groups is 1. The van der Waals surface area contributed by atoms with Crippen LogP contribution < -0.4 is 5.32 Å². The van der Waals surface area contributed by atoms with Gasteiger partial charge in [-0.3, -0.25) is 9.78 Å². The standard InChI is InChI=1S/C13H19N3O2/c1-2-16(10-3-6-14-7-4-10)13(18)11-5-8-15-9-12(11)17/h5,8-10,14,17H,2-4,6-7H2,1H3. The Morgan fingerprint density at radius 1 is 1.56 bits per heavy atom. The first kappa shape index (κ1) is 12.8. The van der Waals surface area contributed by atoms with Crippen LogP contribution >= 0.6 is 0 Å². The molecule has 0 spiro atoms. The summed E-state index contributed by atoms with van der Waals surface area (Å²) in [7, 11) is 0. The van der Waals surface area contributed by atoms with Crippen molar-refractivity contribution < 1.29 is 9.90 Å². The van der Waals surface area contributed by atoms with Crippen molar-refractivity contribution >= 4 is 5.91 Å². The molecule has 0 bridgehead atoms. The molecule has 0 saturated carbocycles. The number of hydrogen-bond donors (Lipinski definition) is 2. The lowest BCUT2D eigenvalue weighted by Crippen LogP contribution is -2.46. The van der Waals surface area contributed by atoms with E-state index >= 15 is 0 Å². The third kappa shape index (κ3) is 2.61. The van der Waals surface area contributed by atoms with Gasteiger partial charge in [0.05, 0.1) is 11.8 Å². The number of piperidine rings is 1. The van der Waals surface area contributed by atoms with Crippen LogP contribution in [-0.2, 0) is 0 Å². The van der Waals surface area contributed by atoms with Crippen LogP contribution in [0.3, 0.4) is 0 Å². The zero-order valence-electron chi connectivity index (χ0n) is 10.6. The van der Waals surface area contributed by atoms with Crippen LogP contribution in [0.25, 0.3) is 0 Å². The van der Waals surface area contributed by atoms with Gasteiger partial charge in [-0.15, -0.1) is 0 Å². The molecule has 1 aliphatic rings. The minimum Gasteiger partial charge on any atom is -0.505 e. The summed E-state index contributed by atoms with van der Waals surface area (Å²) in [4.78, 5) is 18.1. The quantitative estimate of drug-likeness (QED) is 0.839. The summed E-state index contributed by atoms with van der Waals surface area (Å²) in [6.45, 7) is 4.51. The highest BCUT2D eigenvalue weighted by molar-refractivity contribution is 5.96. The number of rotatable bonds is 3. The molecule has 0 unspecified atom stereocenters. The van der Waals surface area contributed by atoms with Gasteiger partial charge >= 0.3 is 0 Å². The summed E-state index contributed by atoms with van der Waals surface area (Å²) >= 11 is 0. The van der Waals surface area contributed by atoms with E-state index in [1.54, 1.807) is 6.07 Å². The van der Waals surface area contributed by atoms with Gasteiger partial charge in [0.2, 0.25) is 0 Å². The molecule has 0 aromatic carbocycles. The van der Waals surface area contributed by atoms with Crippen LogP contribution in [0.5, 0.6) is 5.75 Å². The van der Waals surface area contributed by atoms with Gasteiger partial charge in [0.1, 0.15) is 5.75 Å². The predicted molar refractivity (Wildman–Crippen MR) is 68.5 cm³/mol. The van der Waals surface area contributed by atoms with E-state index in [-0.39, 0.29) is 17.7 Å². The lowest BCUT2D eigenvalue weighted by molar-refractivity contribution is 0.0653. The minimum absolute atomic E-state index is 0.0464. The van der Waals surface area contributed by atoms with Gasteiger partial charge in [-0.25, -0.2) is 0 Å². The van der Waals surface area contributed by atoms with Crippen LogP contribution in [0.2, 0.25) is 0 Å². The van der Waals surface area contributed by atoms with Crippen LogP contribution in [0, 0.1) is 0 Å². The topological polar surface area (TPSA) is 65.5 Å². The number of nitrogens with one attached hydrogen (secondary N) is 1. The van der Waals surface area contributed by atoms with E-state index in [1.807, 2.05) is 11.8 Å². The molecule has 0 atom stereocenters. The van der Waals surface area contributed by atoms with E-state index in [2.05, 4.69) is 10.3 Å². The van der Waals surface area contributed by atoms with Crippen molar-refractivity contribution in [2.45, 2.75) is 25.8 Å². The largest absolute Gasteiger partial charge is 0.505 e. The molecule has 98 valence electrons. The van der Waals surface area contributed by atoms with Crippen LogP contribution in [0.4, 0.5) is 0 Å². The molecule has 1 aromatic heterocycles. The molecule has 5 heteroatoms. The third-order valence-electron chi connectivity index (χ3n) is 3.38. The number of aromatic nitrogens is 1. The van der Waals surface area contributed by atoms with Crippen LogP contribution in [0.1, 0.15) is 30.1 Å². The summed E-state index contributed by atoms with van der Waals surface area (Å²) in [6, 6.07) is 1.83. The maximum atomic E-state index is 12.4. The van der Waals surface area contributed by atoms with Gasteiger partial charge < -0.3 is 15.3 Å². The Morgan fingerprint density at radius 3 is 2.89 bits per heavy atom. The van der Waals surface area contributed by atoms with E-state index in [0.717, 1.165) is 25.9 Å². The molecule has 2 rings (SSSR count). The molecule has 0 aliphatic carbocycles. The van der Waals surface area contributed by atoms with Crippen molar-refractivity contribution in [3.63, 3.8) is 0 Å². The van der Waals surface area contributed by atoms with Crippen molar-refractivity contribution in [2.75, 3.05) is 19.6 Å². The Balaban J connectivity index is 2.17. The number of carbonyl (C=O) groups excluding carboxylic acids is 1. The normalized spacial score (nSPS) is 16.5. The van der Waals surface area contributed by atoms with E-state index < -0.39 is 0 Å². The van der Waals surface area contributed by atoms with Crippen molar-refractivity contribution in [2.24, 2.45) is 0 Å². The van der Waals surface area contributed by atoms with Crippen molar-refractivity contribution in [1.29, 1.82) is 0 Å². The Bertz CT molecular complexity index is 416. The van der Waals surface area contributed by atoms with Crippen LogP contribution in [-0.4, -0.2) is 46.6 Å². The number of hydrogen-bond acceptors (Lipinski definition) is 4. The highest BCUT2D eigenvalue weighted by Gasteiger charge is 2.26. The first-order valence-corrected chi connectivity index (χ1v) is 6.38. The molecule has 0 radical (unpaired) electrons. The van der Waals surface area contributed by atoms with Crippen molar-refractivity contribution in [3.05, 3.63) is 24.0 Å². The van der Waals surface area contributed by atoms with Gasteiger partial charge in [0, 0.05) is 18.8 Å². The molecule has 1 saturated heterocycles. The summed E-state index contributed by atoms with van der Waals surface area (Å²) in [5.41, 5.74) is 0.338. The fraction of sp³-hybridized carbons (Fsp3) is 0.538. The Kier molecular flexibility index (Phi) is 4.15. The van der Waals surface area contributed by atoms with E-state index in [4.69, 9.17) is 0 Å². The molecule has 1 fully saturated rings. The van der Waals surface area contributed by atoms with Crippen LogP contribution in [0.15, 0.2) is 18.5 Å². The first-order valence-electron chi connectivity index (χ1n) is 6.38. The Morgan fingerprint density at radius 2 is 2.28 bits per heavy atom. The summed E-state index contributed by atoms with van der Waals surface area (Å²) < 4.78 is 0. The second-order valence-corrected chi connectivity index (χ2v) is 4.47. The second kappa shape index (κ2) is 5.82. The second-order valence-electron chi connectivity index (χ2n) is 4.47.